The molecule has 0 aliphatic carbocycles. The summed E-state index contributed by atoms with van der Waals surface area (Å²) < 4.78 is 23.0. The summed E-state index contributed by atoms with van der Waals surface area (Å²) in [4.78, 5) is 6.69. The number of hydrogen-bond acceptors (Lipinski definition) is 6. The Labute approximate surface area is 152 Å². The summed E-state index contributed by atoms with van der Waals surface area (Å²) in [6, 6.07) is 11.9. The molecule has 0 N–H and O–H groups in total. The molecule has 0 bridgehead atoms. The molecule has 136 valence electrons. The number of fused-ring (bicyclic) bond motifs is 1. The molecule has 26 heavy (non-hydrogen) atoms. The molecule has 2 aromatic rings. The van der Waals surface area contributed by atoms with Crippen molar-refractivity contribution < 1.29 is 18.9 Å². The molecule has 1 aromatic carbocycles. The fraction of sp³-hybridized carbons (Fsp3) is 0.450. The summed E-state index contributed by atoms with van der Waals surface area (Å²) >= 11 is 0. The first kappa shape index (κ1) is 15.9. The Morgan fingerprint density at radius 3 is 3.08 bits per heavy atom. The molecule has 2 fully saturated rings. The summed E-state index contributed by atoms with van der Waals surface area (Å²) in [7, 11) is 0. The van der Waals surface area contributed by atoms with E-state index in [1.165, 1.54) is 5.56 Å². The van der Waals surface area contributed by atoms with E-state index in [1.54, 1.807) is 6.20 Å². The Hall–Kier alpha value is -2.31. The quantitative estimate of drug-likeness (QED) is 0.841. The van der Waals surface area contributed by atoms with E-state index < -0.39 is 0 Å². The summed E-state index contributed by atoms with van der Waals surface area (Å²) in [6.07, 6.45) is 3.79. The first-order valence-electron chi connectivity index (χ1n) is 9.11. The molecule has 3 aliphatic rings. The van der Waals surface area contributed by atoms with Crippen molar-refractivity contribution in [1.29, 1.82) is 0 Å². The van der Waals surface area contributed by atoms with Crippen molar-refractivity contribution in [3.63, 3.8) is 0 Å². The first-order chi connectivity index (χ1) is 12.8. The van der Waals surface area contributed by atoms with Gasteiger partial charge in [0.05, 0.1) is 12.2 Å². The van der Waals surface area contributed by atoms with Gasteiger partial charge in [0.1, 0.15) is 6.10 Å². The fourth-order valence-electron chi connectivity index (χ4n) is 4.11. The van der Waals surface area contributed by atoms with Gasteiger partial charge in [0.15, 0.2) is 11.5 Å². The van der Waals surface area contributed by atoms with Crippen LogP contribution in [0.1, 0.15) is 18.4 Å². The predicted molar refractivity (Wildman–Crippen MR) is 94.4 cm³/mol. The van der Waals surface area contributed by atoms with E-state index in [-0.39, 0.29) is 11.7 Å². The zero-order valence-corrected chi connectivity index (χ0v) is 14.6. The van der Waals surface area contributed by atoms with Crippen molar-refractivity contribution in [1.82, 2.24) is 9.88 Å². The van der Waals surface area contributed by atoms with Crippen molar-refractivity contribution in [2.45, 2.75) is 31.1 Å². The van der Waals surface area contributed by atoms with Gasteiger partial charge in [-0.25, -0.2) is 4.98 Å². The maximum Gasteiger partial charge on any atom is 0.231 e. The lowest BCUT2D eigenvalue weighted by atomic mass is 9.98. The van der Waals surface area contributed by atoms with Crippen molar-refractivity contribution >= 4 is 0 Å². The monoisotopic (exact) mass is 354 g/mol. The maximum absolute atomic E-state index is 6.19. The zero-order chi connectivity index (χ0) is 17.4. The number of pyridine rings is 1. The highest BCUT2D eigenvalue weighted by Gasteiger charge is 2.46. The smallest absolute Gasteiger partial charge is 0.231 e. The van der Waals surface area contributed by atoms with Gasteiger partial charge in [0.2, 0.25) is 12.7 Å². The van der Waals surface area contributed by atoms with E-state index >= 15 is 0 Å². The van der Waals surface area contributed by atoms with E-state index in [4.69, 9.17) is 18.9 Å². The minimum Gasteiger partial charge on any atom is -0.472 e. The van der Waals surface area contributed by atoms with Crippen molar-refractivity contribution in [2.75, 3.05) is 26.5 Å². The molecule has 6 heteroatoms. The summed E-state index contributed by atoms with van der Waals surface area (Å²) in [5.74, 6) is 2.35. The van der Waals surface area contributed by atoms with Crippen LogP contribution in [0, 0.1) is 0 Å². The van der Waals surface area contributed by atoms with Crippen molar-refractivity contribution in [3.8, 4) is 17.4 Å². The molecule has 2 atom stereocenters. The molecule has 0 unspecified atom stereocenters. The van der Waals surface area contributed by atoms with Gasteiger partial charge in [0, 0.05) is 38.3 Å². The van der Waals surface area contributed by atoms with Gasteiger partial charge >= 0.3 is 0 Å². The lowest BCUT2D eigenvalue weighted by Crippen LogP contribution is -2.33. The SMILES string of the molecule is c1ccc(O[C@@H]2CO[C@@]3(CCN(Cc4ccc5c(c4)OCO5)C3)C2)nc1. The molecule has 0 saturated carbocycles. The number of rotatable bonds is 4. The first-order valence-corrected chi connectivity index (χ1v) is 9.11. The van der Waals surface area contributed by atoms with Crippen LogP contribution < -0.4 is 14.2 Å². The highest BCUT2D eigenvalue weighted by molar-refractivity contribution is 5.44. The molecule has 0 amide bonds. The Morgan fingerprint density at radius 1 is 1.19 bits per heavy atom. The molecule has 3 aliphatic heterocycles. The highest BCUT2D eigenvalue weighted by atomic mass is 16.7. The third kappa shape index (κ3) is 3.10. The Kier molecular flexibility index (Phi) is 3.94. The van der Waals surface area contributed by atoms with E-state index in [0.29, 0.717) is 19.3 Å². The second kappa shape index (κ2) is 6.45. The fourth-order valence-corrected chi connectivity index (χ4v) is 4.11. The van der Waals surface area contributed by atoms with E-state index in [9.17, 15) is 0 Å². The maximum atomic E-state index is 6.19. The molecule has 0 radical (unpaired) electrons. The summed E-state index contributed by atoms with van der Waals surface area (Å²) in [6.45, 7) is 3.81. The van der Waals surface area contributed by atoms with Crippen LogP contribution in [-0.4, -0.2) is 48.1 Å². The van der Waals surface area contributed by atoms with Gasteiger partial charge in [-0.2, -0.15) is 0 Å². The van der Waals surface area contributed by atoms with Crippen LogP contribution >= 0.6 is 0 Å². The largest absolute Gasteiger partial charge is 0.472 e. The van der Waals surface area contributed by atoms with Crippen LogP contribution in [0.5, 0.6) is 17.4 Å². The lowest BCUT2D eigenvalue weighted by molar-refractivity contribution is 0.00923. The number of nitrogens with zero attached hydrogens (tertiary/aromatic N) is 2. The summed E-state index contributed by atoms with van der Waals surface area (Å²) in [5.41, 5.74) is 1.15. The Morgan fingerprint density at radius 2 is 2.15 bits per heavy atom. The number of benzene rings is 1. The van der Waals surface area contributed by atoms with Crippen LogP contribution in [0.2, 0.25) is 0 Å². The van der Waals surface area contributed by atoms with Crippen molar-refractivity contribution in [2.24, 2.45) is 0 Å². The van der Waals surface area contributed by atoms with Crippen LogP contribution in [0.15, 0.2) is 42.6 Å². The van der Waals surface area contributed by atoms with Gasteiger partial charge in [-0.3, -0.25) is 4.90 Å². The minimum absolute atomic E-state index is 0.0791. The zero-order valence-electron chi connectivity index (χ0n) is 14.6. The molecule has 5 rings (SSSR count). The Balaban J connectivity index is 1.19. The predicted octanol–water partition coefficient (Wildman–Crippen LogP) is 2.62. The third-order valence-corrected chi connectivity index (χ3v) is 5.34. The average molecular weight is 354 g/mol. The van der Waals surface area contributed by atoms with Crippen LogP contribution in [0.3, 0.4) is 0 Å². The van der Waals surface area contributed by atoms with Crippen LogP contribution in [0.25, 0.3) is 0 Å². The number of likely N-dealkylation sites (tertiary alicyclic amines) is 1. The van der Waals surface area contributed by atoms with Crippen LogP contribution in [-0.2, 0) is 11.3 Å². The average Bonchev–Trinajstić information content (AvgIpc) is 3.37. The van der Waals surface area contributed by atoms with Crippen molar-refractivity contribution in [3.05, 3.63) is 48.2 Å². The van der Waals surface area contributed by atoms with E-state index in [2.05, 4.69) is 22.0 Å². The molecule has 1 spiro atoms. The highest BCUT2D eigenvalue weighted by Crippen LogP contribution is 2.38. The molecule has 2 saturated heterocycles. The normalized spacial score (nSPS) is 27.3. The molecular weight excluding hydrogens is 332 g/mol. The van der Waals surface area contributed by atoms with Gasteiger partial charge in [-0.15, -0.1) is 0 Å². The van der Waals surface area contributed by atoms with Gasteiger partial charge in [0.25, 0.3) is 0 Å². The minimum atomic E-state index is -0.0875. The lowest BCUT2D eigenvalue weighted by Gasteiger charge is -2.23. The second-order valence-corrected chi connectivity index (χ2v) is 7.25. The van der Waals surface area contributed by atoms with Gasteiger partial charge < -0.3 is 18.9 Å². The standard InChI is InChI=1S/C20H22N2O4/c1-2-7-21-19(3-1)26-16-10-20(25-12-16)6-8-22(13-20)11-15-4-5-17-18(9-15)24-14-23-17/h1-5,7,9,16H,6,8,10-14H2/t16-,20-/m0/s1. The van der Waals surface area contributed by atoms with E-state index in [0.717, 1.165) is 44.0 Å². The third-order valence-electron chi connectivity index (χ3n) is 5.34. The molecular formula is C20H22N2O4. The number of aromatic nitrogens is 1. The number of ether oxygens (including phenoxy) is 4. The van der Waals surface area contributed by atoms with Gasteiger partial charge in [-0.05, 0) is 30.2 Å². The second-order valence-electron chi connectivity index (χ2n) is 7.25. The van der Waals surface area contributed by atoms with Crippen LogP contribution in [0.4, 0.5) is 0 Å². The van der Waals surface area contributed by atoms with E-state index in [1.807, 2.05) is 24.3 Å². The molecule has 6 nitrogen and oxygen atoms in total. The number of hydrogen-bond donors (Lipinski definition) is 0. The molecule has 1 aromatic heterocycles. The Bertz CT molecular complexity index is 785. The topological polar surface area (TPSA) is 53.1 Å². The van der Waals surface area contributed by atoms with Gasteiger partial charge in [-0.1, -0.05) is 12.1 Å². The molecule has 4 heterocycles. The summed E-state index contributed by atoms with van der Waals surface area (Å²) in [5, 5.41) is 0.